The fraction of sp³-hybridized carbons (Fsp3) is 0.389. The summed E-state index contributed by atoms with van der Waals surface area (Å²) < 4.78 is 23.8. The summed E-state index contributed by atoms with van der Waals surface area (Å²) in [7, 11) is 0. The zero-order valence-corrected chi connectivity index (χ0v) is 15.2. The van der Waals surface area contributed by atoms with Crippen molar-refractivity contribution >= 4 is 23.7 Å². The maximum absolute atomic E-state index is 13.9. The number of alkyl carbamates (subject to hydrolysis) is 1. The molecule has 0 aliphatic heterocycles. The molecule has 0 saturated carbocycles. The third kappa shape index (κ3) is 6.92. The Labute approximate surface area is 151 Å². The first-order chi connectivity index (χ1) is 12.0. The van der Waals surface area contributed by atoms with Gasteiger partial charge in [-0.05, 0) is 45.9 Å². The lowest BCUT2D eigenvalue weighted by Gasteiger charge is -2.21. The Kier molecular flexibility index (Phi) is 7.30. The highest BCUT2D eigenvalue weighted by molar-refractivity contribution is 5.98. The Morgan fingerprint density at radius 3 is 2.54 bits per heavy atom. The van der Waals surface area contributed by atoms with Crippen molar-refractivity contribution in [3.63, 3.8) is 0 Å². The molecule has 2 amide bonds. The van der Waals surface area contributed by atoms with Gasteiger partial charge in [-0.2, -0.15) is 0 Å². The SMILES string of the molecule is C=CCOC(=O)c1ccc(F)c(NC(=O)[C@H](C)NC(=O)OC(C)(C)C)c1. The Hall–Kier alpha value is -2.90. The van der Waals surface area contributed by atoms with E-state index < -0.39 is 35.4 Å². The van der Waals surface area contributed by atoms with Crippen LogP contribution < -0.4 is 10.6 Å². The first-order valence-electron chi connectivity index (χ1n) is 7.91. The van der Waals surface area contributed by atoms with Crippen LogP contribution in [0.3, 0.4) is 0 Å². The Morgan fingerprint density at radius 2 is 1.96 bits per heavy atom. The molecule has 7 nitrogen and oxygen atoms in total. The van der Waals surface area contributed by atoms with Crippen molar-refractivity contribution in [3.8, 4) is 0 Å². The van der Waals surface area contributed by atoms with Crippen LogP contribution in [0, 0.1) is 5.82 Å². The minimum Gasteiger partial charge on any atom is -0.458 e. The lowest BCUT2D eigenvalue weighted by Crippen LogP contribution is -2.44. The van der Waals surface area contributed by atoms with E-state index in [9.17, 15) is 18.8 Å². The van der Waals surface area contributed by atoms with Gasteiger partial charge >= 0.3 is 12.1 Å². The zero-order valence-electron chi connectivity index (χ0n) is 15.2. The quantitative estimate of drug-likeness (QED) is 0.596. The number of rotatable bonds is 6. The number of benzene rings is 1. The highest BCUT2D eigenvalue weighted by Gasteiger charge is 2.22. The number of carbonyl (C=O) groups is 3. The molecule has 0 aliphatic rings. The number of hydrogen-bond acceptors (Lipinski definition) is 5. The molecule has 8 heteroatoms. The van der Waals surface area contributed by atoms with E-state index in [4.69, 9.17) is 9.47 Å². The molecule has 0 unspecified atom stereocenters. The predicted octanol–water partition coefficient (Wildman–Crippen LogP) is 3.02. The van der Waals surface area contributed by atoms with Crippen LogP contribution in [0.15, 0.2) is 30.9 Å². The predicted molar refractivity (Wildman–Crippen MR) is 94.3 cm³/mol. The van der Waals surface area contributed by atoms with Crippen molar-refractivity contribution in [2.45, 2.75) is 39.3 Å². The molecule has 0 aliphatic carbocycles. The van der Waals surface area contributed by atoms with Crippen LogP contribution in [0.4, 0.5) is 14.9 Å². The Bertz CT molecular complexity index is 697. The van der Waals surface area contributed by atoms with Crippen molar-refractivity contribution in [2.75, 3.05) is 11.9 Å². The molecule has 0 spiro atoms. The monoisotopic (exact) mass is 366 g/mol. The van der Waals surface area contributed by atoms with Crippen molar-refractivity contribution in [1.29, 1.82) is 0 Å². The molecular formula is C18H23FN2O5. The van der Waals surface area contributed by atoms with Crippen molar-refractivity contribution in [1.82, 2.24) is 5.32 Å². The number of ether oxygens (including phenoxy) is 2. The van der Waals surface area contributed by atoms with Gasteiger partial charge < -0.3 is 20.1 Å². The zero-order chi connectivity index (χ0) is 19.9. The topological polar surface area (TPSA) is 93.7 Å². The van der Waals surface area contributed by atoms with E-state index in [1.165, 1.54) is 19.1 Å². The van der Waals surface area contributed by atoms with E-state index in [0.717, 1.165) is 12.1 Å². The number of esters is 1. The number of nitrogens with one attached hydrogen (secondary N) is 2. The van der Waals surface area contributed by atoms with Crippen molar-refractivity contribution < 1.29 is 28.2 Å². The van der Waals surface area contributed by atoms with E-state index in [-0.39, 0.29) is 17.9 Å². The van der Waals surface area contributed by atoms with E-state index in [1.54, 1.807) is 20.8 Å². The number of halogens is 1. The van der Waals surface area contributed by atoms with Gasteiger partial charge in [0.15, 0.2) is 0 Å². The van der Waals surface area contributed by atoms with E-state index in [0.29, 0.717) is 0 Å². The van der Waals surface area contributed by atoms with E-state index in [1.807, 2.05) is 0 Å². The minimum absolute atomic E-state index is 0.00868. The lowest BCUT2D eigenvalue weighted by atomic mass is 10.2. The summed E-state index contributed by atoms with van der Waals surface area (Å²) in [5, 5.41) is 4.66. The molecule has 2 N–H and O–H groups in total. The summed E-state index contributed by atoms with van der Waals surface area (Å²) in [5.41, 5.74) is -0.857. The van der Waals surface area contributed by atoms with Crippen molar-refractivity contribution in [3.05, 3.63) is 42.2 Å². The van der Waals surface area contributed by atoms with Gasteiger partial charge in [0.2, 0.25) is 5.91 Å². The molecule has 0 bridgehead atoms. The number of hydrogen-bond donors (Lipinski definition) is 2. The molecule has 0 fully saturated rings. The number of carbonyl (C=O) groups excluding carboxylic acids is 3. The fourth-order valence-electron chi connectivity index (χ4n) is 1.76. The molecule has 1 rings (SSSR count). The fourth-order valence-corrected chi connectivity index (χ4v) is 1.76. The van der Waals surface area contributed by atoms with Gasteiger partial charge in [0, 0.05) is 0 Å². The third-order valence-corrected chi connectivity index (χ3v) is 2.92. The van der Waals surface area contributed by atoms with Gasteiger partial charge in [-0.25, -0.2) is 14.0 Å². The summed E-state index contributed by atoms with van der Waals surface area (Å²) in [4.78, 5) is 35.6. The second kappa shape index (κ2) is 8.98. The Balaban J connectivity index is 2.77. The minimum atomic E-state index is -0.986. The average Bonchev–Trinajstić information content (AvgIpc) is 2.52. The number of amides is 2. The molecule has 0 aromatic heterocycles. The second-order valence-corrected chi connectivity index (χ2v) is 6.44. The molecule has 1 aromatic rings. The van der Waals surface area contributed by atoms with Crippen LogP contribution >= 0.6 is 0 Å². The molecule has 142 valence electrons. The third-order valence-electron chi connectivity index (χ3n) is 2.92. The maximum Gasteiger partial charge on any atom is 0.408 e. The molecule has 1 aromatic carbocycles. The van der Waals surface area contributed by atoms with Gasteiger partial charge in [-0.3, -0.25) is 4.79 Å². The molecule has 0 radical (unpaired) electrons. The van der Waals surface area contributed by atoms with Gasteiger partial charge in [-0.1, -0.05) is 12.7 Å². The van der Waals surface area contributed by atoms with Crippen LogP contribution in [-0.4, -0.2) is 36.2 Å². The van der Waals surface area contributed by atoms with Crippen LogP contribution in [0.1, 0.15) is 38.1 Å². The van der Waals surface area contributed by atoms with Crippen LogP contribution in [0.5, 0.6) is 0 Å². The summed E-state index contributed by atoms with van der Waals surface area (Å²) in [6.45, 7) is 9.90. The van der Waals surface area contributed by atoms with Crippen LogP contribution in [0.25, 0.3) is 0 Å². The van der Waals surface area contributed by atoms with Crippen molar-refractivity contribution in [2.24, 2.45) is 0 Å². The van der Waals surface area contributed by atoms with E-state index >= 15 is 0 Å². The lowest BCUT2D eigenvalue weighted by molar-refractivity contribution is -0.117. The second-order valence-electron chi connectivity index (χ2n) is 6.44. The molecule has 1 atom stereocenters. The van der Waals surface area contributed by atoms with Gasteiger partial charge in [0.05, 0.1) is 11.3 Å². The smallest absolute Gasteiger partial charge is 0.408 e. The van der Waals surface area contributed by atoms with Gasteiger partial charge in [0.1, 0.15) is 24.1 Å². The standard InChI is InChI=1S/C18H23FN2O5/c1-6-9-25-16(23)12-7-8-13(19)14(10-12)21-15(22)11(2)20-17(24)26-18(3,4)5/h6-8,10-11H,1,9H2,2-5H3,(H,20,24)(H,21,22)/t11-/m0/s1. The summed E-state index contributed by atoms with van der Waals surface area (Å²) >= 11 is 0. The number of anilines is 1. The highest BCUT2D eigenvalue weighted by atomic mass is 19.1. The van der Waals surface area contributed by atoms with Gasteiger partial charge in [0.25, 0.3) is 0 Å². The average molecular weight is 366 g/mol. The molecule has 26 heavy (non-hydrogen) atoms. The highest BCUT2D eigenvalue weighted by Crippen LogP contribution is 2.17. The normalized spacial score (nSPS) is 11.9. The summed E-state index contributed by atoms with van der Waals surface area (Å²) in [6, 6.07) is 2.43. The van der Waals surface area contributed by atoms with Gasteiger partial charge in [-0.15, -0.1) is 0 Å². The molecular weight excluding hydrogens is 343 g/mol. The first-order valence-corrected chi connectivity index (χ1v) is 7.91. The first kappa shape index (κ1) is 21.1. The van der Waals surface area contributed by atoms with E-state index in [2.05, 4.69) is 17.2 Å². The summed E-state index contributed by atoms with van der Waals surface area (Å²) in [6.07, 6.45) is 0.621. The molecule has 0 saturated heterocycles. The van der Waals surface area contributed by atoms with Crippen LogP contribution in [0.2, 0.25) is 0 Å². The largest absolute Gasteiger partial charge is 0.458 e. The summed E-state index contributed by atoms with van der Waals surface area (Å²) in [5.74, 6) is -2.09. The van der Waals surface area contributed by atoms with Crippen LogP contribution in [-0.2, 0) is 14.3 Å². The Morgan fingerprint density at radius 1 is 1.31 bits per heavy atom. The molecule has 0 heterocycles. The maximum atomic E-state index is 13.9.